The maximum Gasteiger partial charge on any atom is 0.257 e. The lowest BCUT2D eigenvalue weighted by Gasteiger charge is -2.08. The van der Waals surface area contributed by atoms with Gasteiger partial charge in [0.05, 0.1) is 21.7 Å². The van der Waals surface area contributed by atoms with Crippen LogP contribution in [0.2, 0.25) is 5.02 Å². The molecule has 130 valence electrons. The first-order valence-corrected chi connectivity index (χ1v) is 9.92. The molecule has 1 heterocycles. The molecule has 0 bridgehead atoms. The summed E-state index contributed by atoms with van der Waals surface area (Å²) in [6, 6.07) is 13.2. The second kappa shape index (κ2) is 7.44. The standard InChI is InChI=1S/C15H13ClN4O3S2/c16-10-4-3-5-11(8-10)25(22,23)20-19-14(21)9-24-15-17-12-6-1-2-7-13(12)18-15/h1-8,20H,9H2,(H,17,18)(H,19,21). The van der Waals surface area contributed by atoms with Crippen LogP contribution in [0.25, 0.3) is 11.0 Å². The van der Waals surface area contributed by atoms with E-state index in [1.807, 2.05) is 29.1 Å². The summed E-state index contributed by atoms with van der Waals surface area (Å²) in [7, 11) is -3.88. The zero-order chi connectivity index (χ0) is 17.9. The number of imidazole rings is 1. The summed E-state index contributed by atoms with van der Waals surface area (Å²) in [4.78, 5) is 21.2. The Kier molecular flexibility index (Phi) is 5.28. The minimum Gasteiger partial charge on any atom is -0.333 e. The third kappa shape index (κ3) is 4.51. The second-order valence-corrected chi connectivity index (χ2v) is 8.04. The van der Waals surface area contributed by atoms with Crippen molar-refractivity contribution in [2.24, 2.45) is 0 Å². The van der Waals surface area contributed by atoms with Gasteiger partial charge < -0.3 is 4.98 Å². The van der Waals surface area contributed by atoms with E-state index in [2.05, 4.69) is 15.4 Å². The summed E-state index contributed by atoms with van der Waals surface area (Å²) in [5.74, 6) is -0.506. The number of hydrazine groups is 1. The number of para-hydroxylation sites is 2. The highest BCUT2D eigenvalue weighted by atomic mass is 35.5. The Balaban J connectivity index is 1.55. The van der Waals surface area contributed by atoms with Crippen LogP contribution < -0.4 is 10.3 Å². The molecule has 1 amide bonds. The first-order valence-electron chi connectivity index (χ1n) is 7.08. The summed E-state index contributed by atoms with van der Waals surface area (Å²) in [5, 5.41) is 0.865. The van der Waals surface area contributed by atoms with Crippen LogP contribution >= 0.6 is 23.4 Å². The van der Waals surface area contributed by atoms with Crippen LogP contribution in [-0.2, 0) is 14.8 Å². The molecule has 7 nitrogen and oxygen atoms in total. The molecule has 0 aliphatic carbocycles. The van der Waals surface area contributed by atoms with E-state index in [1.54, 1.807) is 6.07 Å². The van der Waals surface area contributed by atoms with Gasteiger partial charge in [0.2, 0.25) is 5.91 Å². The number of hydrogen-bond donors (Lipinski definition) is 3. The molecule has 3 rings (SSSR count). The number of nitrogens with one attached hydrogen (secondary N) is 3. The topological polar surface area (TPSA) is 104 Å². The smallest absolute Gasteiger partial charge is 0.257 e. The maximum absolute atomic E-state index is 12.1. The third-order valence-corrected chi connectivity index (χ3v) is 5.49. The number of H-pyrrole nitrogens is 1. The average molecular weight is 397 g/mol. The highest BCUT2D eigenvalue weighted by Crippen LogP contribution is 2.19. The van der Waals surface area contributed by atoms with Crippen LogP contribution in [-0.4, -0.2) is 30.0 Å². The Morgan fingerprint density at radius 1 is 1.20 bits per heavy atom. The predicted molar refractivity (Wildman–Crippen MR) is 96.7 cm³/mol. The van der Waals surface area contributed by atoms with Crippen LogP contribution in [0, 0.1) is 0 Å². The number of fused-ring (bicyclic) bond motifs is 1. The fourth-order valence-corrected chi connectivity index (χ4v) is 3.83. The molecule has 25 heavy (non-hydrogen) atoms. The van der Waals surface area contributed by atoms with E-state index in [0.29, 0.717) is 5.16 Å². The number of benzene rings is 2. The number of thioether (sulfide) groups is 1. The number of aromatic amines is 1. The Morgan fingerprint density at radius 3 is 2.76 bits per heavy atom. The van der Waals surface area contributed by atoms with E-state index < -0.39 is 15.9 Å². The van der Waals surface area contributed by atoms with Gasteiger partial charge in [-0.2, -0.15) is 0 Å². The molecule has 3 N–H and O–H groups in total. The van der Waals surface area contributed by atoms with Crippen LogP contribution in [0.5, 0.6) is 0 Å². The van der Waals surface area contributed by atoms with Crippen LogP contribution in [0.1, 0.15) is 0 Å². The molecule has 0 saturated carbocycles. The number of hydrogen-bond acceptors (Lipinski definition) is 5. The number of carbonyl (C=O) groups is 1. The lowest BCUT2D eigenvalue weighted by molar-refractivity contribution is -0.119. The van der Waals surface area contributed by atoms with E-state index in [4.69, 9.17) is 11.6 Å². The number of sulfonamides is 1. The van der Waals surface area contributed by atoms with Gasteiger partial charge in [0.25, 0.3) is 10.0 Å². The number of aromatic nitrogens is 2. The van der Waals surface area contributed by atoms with E-state index in [9.17, 15) is 13.2 Å². The maximum atomic E-state index is 12.1. The molecule has 3 aromatic rings. The quantitative estimate of drug-likeness (QED) is 0.438. The fourth-order valence-electron chi connectivity index (χ4n) is 1.98. The Hall–Kier alpha value is -2.07. The average Bonchev–Trinajstić information content (AvgIpc) is 3.01. The number of amides is 1. The van der Waals surface area contributed by atoms with Gasteiger partial charge in [0.15, 0.2) is 5.16 Å². The van der Waals surface area contributed by atoms with Gasteiger partial charge in [0.1, 0.15) is 0 Å². The predicted octanol–water partition coefficient (Wildman–Crippen LogP) is 2.32. The van der Waals surface area contributed by atoms with Crippen molar-refractivity contribution in [3.05, 3.63) is 53.6 Å². The van der Waals surface area contributed by atoms with Gasteiger partial charge in [-0.25, -0.2) is 13.4 Å². The molecular formula is C15H13ClN4O3S2. The molecule has 0 saturated heterocycles. The lowest BCUT2D eigenvalue weighted by atomic mass is 10.3. The summed E-state index contributed by atoms with van der Waals surface area (Å²) in [5.41, 5.74) is 3.83. The minimum absolute atomic E-state index is 0.00210. The van der Waals surface area contributed by atoms with Gasteiger partial charge in [-0.05, 0) is 30.3 Å². The Labute approximate surface area is 153 Å². The zero-order valence-electron chi connectivity index (χ0n) is 12.7. The van der Waals surface area contributed by atoms with Crippen molar-refractivity contribution in [1.82, 2.24) is 20.2 Å². The van der Waals surface area contributed by atoms with Crippen molar-refractivity contribution in [3.8, 4) is 0 Å². The highest BCUT2D eigenvalue weighted by molar-refractivity contribution is 7.99. The second-order valence-electron chi connectivity index (χ2n) is 4.96. The van der Waals surface area contributed by atoms with E-state index >= 15 is 0 Å². The molecule has 0 aliphatic heterocycles. The first kappa shape index (κ1) is 17.7. The normalized spacial score (nSPS) is 11.6. The molecule has 0 aliphatic rings. The Morgan fingerprint density at radius 2 is 2.00 bits per heavy atom. The first-order chi connectivity index (χ1) is 11.9. The number of carbonyl (C=O) groups excluding carboxylic acids is 1. The van der Waals surface area contributed by atoms with Crippen LogP contribution in [0.3, 0.4) is 0 Å². The number of nitrogens with zero attached hydrogens (tertiary/aromatic N) is 1. The summed E-state index contributed by atoms with van der Waals surface area (Å²) in [6.07, 6.45) is 0. The van der Waals surface area contributed by atoms with E-state index in [-0.39, 0.29) is 15.7 Å². The van der Waals surface area contributed by atoms with Crippen molar-refractivity contribution in [2.75, 3.05) is 5.75 Å². The zero-order valence-corrected chi connectivity index (χ0v) is 15.1. The van der Waals surface area contributed by atoms with Gasteiger partial charge in [-0.3, -0.25) is 10.2 Å². The van der Waals surface area contributed by atoms with Crippen molar-refractivity contribution >= 4 is 50.3 Å². The lowest BCUT2D eigenvalue weighted by Crippen LogP contribution is -2.42. The van der Waals surface area contributed by atoms with Crippen molar-refractivity contribution in [3.63, 3.8) is 0 Å². The van der Waals surface area contributed by atoms with Crippen LogP contribution in [0.15, 0.2) is 58.6 Å². The van der Waals surface area contributed by atoms with Crippen molar-refractivity contribution < 1.29 is 13.2 Å². The monoisotopic (exact) mass is 396 g/mol. The van der Waals surface area contributed by atoms with Crippen molar-refractivity contribution in [2.45, 2.75) is 10.1 Å². The van der Waals surface area contributed by atoms with Gasteiger partial charge in [-0.1, -0.05) is 41.6 Å². The molecule has 10 heteroatoms. The SMILES string of the molecule is O=C(CSc1nc2ccccc2[nH]1)NNS(=O)(=O)c1cccc(Cl)c1. The van der Waals surface area contributed by atoms with E-state index in [0.717, 1.165) is 11.0 Å². The molecule has 1 aromatic heterocycles. The van der Waals surface area contributed by atoms with Crippen LogP contribution in [0.4, 0.5) is 0 Å². The van der Waals surface area contributed by atoms with Gasteiger partial charge in [0, 0.05) is 5.02 Å². The number of halogens is 1. The molecule has 0 radical (unpaired) electrons. The molecule has 0 unspecified atom stereocenters. The molecule has 0 fully saturated rings. The molecule has 0 spiro atoms. The summed E-state index contributed by atoms with van der Waals surface area (Å²) >= 11 is 6.94. The molecular weight excluding hydrogens is 384 g/mol. The molecule has 2 aromatic carbocycles. The molecule has 0 atom stereocenters. The summed E-state index contributed by atoms with van der Waals surface area (Å²) in [6.45, 7) is 0. The summed E-state index contributed by atoms with van der Waals surface area (Å²) < 4.78 is 24.1. The number of rotatable bonds is 6. The van der Waals surface area contributed by atoms with Gasteiger partial charge >= 0.3 is 0 Å². The highest BCUT2D eigenvalue weighted by Gasteiger charge is 2.15. The largest absolute Gasteiger partial charge is 0.333 e. The van der Waals surface area contributed by atoms with Crippen molar-refractivity contribution in [1.29, 1.82) is 0 Å². The fraction of sp³-hybridized carbons (Fsp3) is 0.0667. The third-order valence-electron chi connectivity index (χ3n) is 3.14. The van der Waals surface area contributed by atoms with Gasteiger partial charge in [-0.15, -0.1) is 4.83 Å². The Bertz CT molecular complexity index is 987. The minimum atomic E-state index is -3.88. The van der Waals surface area contributed by atoms with E-state index in [1.165, 1.54) is 30.0 Å².